The van der Waals surface area contributed by atoms with Gasteiger partial charge in [-0.15, -0.1) is 0 Å². The summed E-state index contributed by atoms with van der Waals surface area (Å²) in [7, 11) is 0. The van der Waals surface area contributed by atoms with Crippen LogP contribution in [0.3, 0.4) is 0 Å². The minimum absolute atomic E-state index is 0.00182. The maximum absolute atomic E-state index is 13.3. The fourth-order valence-electron chi connectivity index (χ4n) is 4.22. The number of hydrogen-bond donors (Lipinski definition) is 2. The van der Waals surface area contributed by atoms with Crippen LogP contribution >= 0.6 is 11.6 Å². The summed E-state index contributed by atoms with van der Waals surface area (Å²) in [4.78, 5) is 17.9. The fraction of sp³-hybridized carbons (Fsp3) is 0.435. The molecular formula is C23H27ClF3N7. The predicted octanol–water partition coefficient (Wildman–Crippen LogP) is 4.90. The molecule has 0 amide bonds. The van der Waals surface area contributed by atoms with E-state index in [4.69, 9.17) is 17.3 Å². The number of nitrogens with one attached hydrogen (secondary N) is 1. The highest BCUT2D eigenvalue weighted by Crippen LogP contribution is 2.35. The lowest BCUT2D eigenvalue weighted by molar-refractivity contribution is -0.137. The minimum Gasteiger partial charge on any atom is -0.399 e. The third-order valence-electron chi connectivity index (χ3n) is 6.14. The van der Waals surface area contributed by atoms with Gasteiger partial charge in [0, 0.05) is 31.9 Å². The molecule has 2 aromatic heterocycles. The molecule has 0 radical (unpaired) electrons. The third kappa shape index (κ3) is 5.12. The maximum atomic E-state index is 13.3. The van der Waals surface area contributed by atoms with Gasteiger partial charge in [-0.05, 0) is 61.8 Å². The Balaban J connectivity index is 1.69. The number of benzene rings is 1. The number of aromatic nitrogens is 3. The summed E-state index contributed by atoms with van der Waals surface area (Å²) in [6, 6.07) is 4.96. The third-order valence-corrected chi connectivity index (χ3v) is 6.31. The van der Waals surface area contributed by atoms with Crippen LogP contribution in [-0.2, 0) is 6.18 Å². The van der Waals surface area contributed by atoms with Gasteiger partial charge in [0.25, 0.3) is 0 Å². The summed E-state index contributed by atoms with van der Waals surface area (Å²) in [6.45, 7) is 10.5. The van der Waals surface area contributed by atoms with Crippen molar-refractivity contribution < 1.29 is 13.2 Å². The maximum Gasteiger partial charge on any atom is 0.416 e. The number of piperazine rings is 1. The van der Waals surface area contributed by atoms with E-state index in [1.54, 1.807) is 6.92 Å². The number of aryl methyl sites for hydroxylation is 1. The molecule has 3 aromatic rings. The Morgan fingerprint density at radius 1 is 1.09 bits per heavy atom. The monoisotopic (exact) mass is 493 g/mol. The second-order valence-electron chi connectivity index (χ2n) is 8.48. The van der Waals surface area contributed by atoms with Gasteiger partial charge in [-0.3, -0.25) is 0 Å². The van der Waals surface area contributed by atoms with Crippen molar-refractivity contribution in [3.8, 4) is 0 Å². The zero-order valence-electron chi connectivity index (χ0n) is 19.2. The van der Waals surface area contributed by atoms with Crippen LogP contribution < -0.4 is 16.0 Å². The van der Waals surface area contributed by atoms with Crippen molar-refractivity contribution in [1.29, 1.82) is 0 Å². The van der Waals surface area contributed by atoms with E-state index in [1.165, 1.54) is 6.07 Å². The Morgan fingerprint density at radius 3 is 2.44 bits per heavy atom. The number of alkyl halides is 3. The van der Waals surface area contributed by atoms with Crippen molar-refractivity contribution in [3.05, 3.63) is 46.4 Å². The zero-order chi connectivity index (χ0) is 24.6. The van der Waals surface area contributed by atoms with E-state index in [0.717, 1.165) is 56.2 Å². The van der Waals surface area contributed by atoms with Crippen molar-refractivity contribution in [3.63, 3.8) is 0 Å². The lowest BCUT2D eigenvalue weighted by Gasteiger charge is -2.36. The quantitative estimate of drug-likeness (QED) is 0.386. The molecule has 1 aliphatic rings. The fourth-order valence-corrected chi connectivity index (χ4v) is 4.38. The van der Waals surface area contributed by atoms with Gasteiger partial charge in [0.15, 0.2) is 5.65 Å². The zero-order valence-corrected chi connectivity index (χ0v) is 20.0. The normalized spacial score (nSPS) is 16.1. The van der Waals surface area contributed by atoms with Gasteiger partial charge in [-0.25, -0.2) is 9.97 Å². The lowest BCUT2D eigenvalue weighted by atomic mass is 10.0. The SMILES string of the molecule is CCN1CCN(c2cc3c(NC(C)c4cc(N)cc(C(F)(F)F)c4)nc(Cl)nc3nc2C)CC1. The molecule has 1 unspecified atom stereocenters. The van der Waals surface area contributed by atoms with Crippen molar-refractivity contribution >= 4 is 39.8 Å². The topological polar surface area (TPSA) is 83.2 Å². The average molecular weight is 494 g/mol. The molecule has 1 saturated heterocycles. The Morgan fingerprint density at radius 2 is 1.79 bits per heavy atom. The number of nitrogens with zero attached hydrogens (tertiary/aromatic N) is 5. The van der Waals surface area contributed by atoms with Gasteiger partial charge in [0.2, 0.25) is 5.28 Å². The number of anilines is 3. The number of halogens is 4. The van der Waals surface area contributed by atoms with E-state index in [0.29, 0.717) is 22.4 Å². The molecule has 3 N–H and O–H groups in total. The van der Waals surface area contributed by atoms with E-state index >= 15 is 0 Å². The van der Waals surface area contributed by atoms with Crippen LogP contribution in [0.1, 0.15) is 36.7 Å². The van der Waals surface area contributed by atoms with Crippen LogP contribution in [0.15, 0.2) is 24.3 Å². The van der Waals surface area contributed by atoms with Crippen LogP contribution in [-0.4, -0.2) is 52.6 Å². The highest BCUT2D eigenvalue weighted by atomic mass is 35.5. The average Bonchev–Trinajstić information content (AvgIpc) is 2.77. The van der Waals surface area contributed by atoms with Crippen LogP contribution in [0, 0.1) is 6.92 Å². The number of fused-ring (bicyclic) bond motifs is 1. The molecule has 182 valence electrons. The molecule has 11 heteroatoms. The van der Waals surface area contributed by atoms with E-state index < -0.39 is 17.8 Å². The second-order valence-corrected chi connectivity index (χ2v) is 8.82. The highest BCUT2D eigenvalue weighted by molar-refractivity contribution is 6.28. The molecular weight excluding hydrogens is 467 g/mol. The molecule has 0 aliphatic carbocycles. The molecule has 7 nitrogen and oxygen atoms in total. The Labute approximate surface area is 201 Å². The largest absolute Gasteiger partial charge is 0.416 e. The van der Waals surface area contributed by atoms with E-state index in [-0.39, 0.29) is 11.0 Å². The lowest BCUT2D eigenvalue weighted by Crippen LogP contribution is -2.46. The summed E-state index contributed by atoms with van der Waals surface area (Å²) in [5, 5.41) is 3.84. The second kappa shape index (κ2) is 9.42. The summed E-state index contributed by atoms with van der Waals surface area (Å²) in [5.41, 5.74) is 7.60. The first kappa shape index (κ1) is 24.3. The van der Waals surface area contributed by atoms with Crippen molar-refractivity contribution in [1.82, 2.24) is 19.9 Å². The summed E-state index contributed by atoms with van der Waals surface area (Å²) >= 11 is 6.15. The van der Waals surface area contributed by atoms with Crippen LogP contribution in [0.25, 0.3) is 11.0 Å². The highest BCUT2D eigenvalue weighted by Gasteiger charge is 2.31. The molecule has 0 saturated carbocycles. The van der Waals surface area contributed by atoms with Gasteiger partial charge >= 0.3 is 6.18 Å². The Kier molecular flexibility index (Phi) is 6.73. The number of hydrogen-bond acceptors (Lipinski definition) is 7. The van der Waals surface area contributed by atoms with E-state index in [9.17, 15) is 13.2 Å². The van der Waals surface area contributed by atoms with Crippen molar-refractivity contribution in [2.45, 2.75) is 33.0 Å². The first-order valence-corrected chi connectivity index (χ1v) is 11.5. The first-order valence-electron chi connectivity index (χ1n) is 11.1. The van der Waals surface area contributed by atoms with Crippen LogP contribution in [0.5, 0.6) is 0 Å². The Hall–Kier alpha value is -2.85. The minimum atomic E-state index is -4.49. The van der Waals surface area contributed by atoms with Gasteiger partial charge < -0.3 is 20.9 Å². The number of rotatable bonds is 5. The molecule has 1 atom stereocenters. The number of likely N-dealkylation sites (N-methyl/N-ethyl adjacent to an activating group) is 1. The van der Waals surface area contributed by atoms with Crippen molar-refractivity contribution in [2.24, 2.45) is 0 Å². The summed E-state index contributed by atoms with van der Waals surface area (Å²) < 4.78 is 39.8. The number of nitrogen functional groups attached to an aromatic ring is 1. The molecule has 3 heterocycles. The molecule has 1 aromatic carbocycles. The number of nitrogens with two attached hydrogens (primary N) is 1. The van der Waals surface area contributed by atoms with Crippen LogP contribution in [0.2, 0.25) is 5.28 Å². The van der Waals surface area contributed by atoms with Gasteiger partial charge in [0.1, 0.15) is 5.82 Å². The smallest absolute Gasteiger partial charge is 0.399 e. The van der Waals surface area contributed by atoms with Gasteiger partial charge in [-0.2, -0.15) is 18.2 Å². The summed E-state index contributed by atoms with van der Waals surface area (Å²) in [5.74, 6) is 0.402. The Bertz CT molecular complexity index is 1190. The van der Waals surface area contributed by atoms with Crippen LogP contribution in [0.4, 0.5) is 30.4 Å². The molecule has 4 rings (SSSR count). The number of pyridine rings is 1. The molecule has 34 heavy (non-hydrogen) atoms. The molecule has 0 bridgehead atoms. The predicted molar refractivity (Wildman–Crippen MR) is 129 cm³/mol. The van der Waals surface area contributed by atoms with Crippen molar-refractivity contribution in [2.75, 3.05) is 48.7 Å². The summed E-state index contributed by atoms with van der Waals surface area (Å²) in [6.07, 6.45) is -4.49. The molecule has 0 spiro atoms. The van der Waals surface area contributed by atoms with E-state index in [1.807, 2.05) is 13.0 Å². The van der Waals surface area contributed by atoms with Gasteiger partial charge in [-0.1, -0.05) is 6.92 Å². The van der Waals surface area contributed by atoms with Gasteiger partial charge in [0.05, 0.1) is 28.4 Å². The standard InChI is InChI=1S/C23H27ClF3N7/c1-4-33-5-7-34(8-6-33)19-12-18-20(31-22(24)32-21(18)30-14(19)3)29-13(2)15-9-16(23(25,26)27)11-17(28)10-15/h9-13H,4-8,28H2,1-3H3,(H,29,30,31,32). The first-order chi connectivity index (χ1) is 16.0. The van der Waals surface area contributed by atoms with E-state index in [2.05, 4.69) is 37.0 Å². The molecule has 1 fully saturated rings. The molecule has 1 aliphatic heterocycles.